The van der Waals surface area contributed by atoms with Gasteiger partial charge in [0.25, 0.3) is 10.0 Å². The van der Waals surface area contributed by atoms with Crippen LogP contribution in [0.2, 0.25) is 0 Å². The molecule has 2 heterocycles. The molecule has 0 bridgehead atoms. The third-order valence-corrected chi connectivity index (χ3v) is 8.76. The maximum Gasteiger partial charge on any atom is 0.267 e. The molecule has 8 nitrogen and oxygen atoms in total. The van der Waals surface area contributed by atoms with Gasteiger partial charge >= 0.3 is 0 Å². The van der Waals surface area contributed by atoms with E-state index in [-0.39, 0.29) is 0 Å². The summed E-state index contributed by atoms with van der Waals surface area (Å²) in [6.45, 7) is 1.37. The summed E-state index contributed by atoms with van der Waals surface area (Å²) in [6, 6.07) is 20.7. The minimum Gasteiger partial charge on any atom is -0.362 e. The van der Waals surface area contributed by atoms with E-state index in [1.165, 1.54) is 3.97 Å². The summed E-state index contributed by atoms with van der Waals surface area (Å²) in [5, 5.41) is 8.11. The molecule has 1 aliphatic carbocycles. The summed E-state index contributed by atoms with van der Waals surface area (Å²) in [7, 11) is 0.422. The molecule has 0 atom stereocenters. The largest absolute Gasteiger partial charge is 0.362 e. The van der Waals surface area contributed by atoms with Crippen LogP contribution in [0.1, 0.15) is 31.4 Å². The van der Waals surface area contributed by atoms with Gasteiger partial charge in [0.15, 0.2) is 0 Å². The summed E-state index contributed by atoms with van der Waals surface area (Å²) < 4.78 is 27.4. The van der Waals surface area contributed by atoms with Crippen molar-refractivity contribution in [2.45, 2.75) is 43.2 Å². The van der Waals surface area contributed by atoms with E-state index in [0.717, 1.165) is 54.6 Å². The van der Waals surface area contributed by atoms with Gasteiger partial charge in [-0.25, -0.2) is 17.4 Å². The second-order valence-electron chi connectivity index (χ2n) is 9.89. The monoisotopic (exact) mass is 518 g/mol. The molecule has 1 aliphatic rings. The highest BCUT2D eigenvalue weighted by Gasteiger charge is 2.23. The Morgan fingerprint density at radius 3 is 2.41 bits per heavy atom. The predicted molar refractivity (Wildman–Crippen MR) is 148 cm³/mol. The molecule has 4 aromatic rings. The fraction of sp³-hybridized carbons (Fsp3) is 0.357. The number of hydrogen-bond acceptors (Lipinski definition) is 7. The lowest BCUT2D eigenvalue weighted by atomic mass is 9.86. The second-order valence-corrected chi connectivity index (χ2v) is 11.7. The molecule has 2 N–H and O–H groups in total. The quantitative estimate of drug-likeness (QED) is 0.337. The normalized spacial score (nSPS) is 18.1. The smallest absolute Gasteiger partial charge is 0.267 e. The van der Waals surface area contributed by atoms with Gasteiger partial charge in [0.2, 0.25) is 5.95 Å². The molecule has 0 amide bonds. The predicted octanol–water partition coefficient (Wildman–Crippen LogP) is 4.49. The van der Waals surface area contributed by atoms with E-state index < -0.39 is 10.0 Å². The lowest BCUT2D eigenvalue weighted by Crippen LogP contribution is -2.32. The first-order chi connectivity index (χ1) is 17.9. The molecule has 9 heteroatoms. The van der Waals surface area contributed by atoms with E-state index in [1.807, 2.05) is 49.3 Å². The van der Waals surface area contributed by atoms with Crippen molar-refractivity contribution >= 4 is 32.7 Å². The molecule has 5 rings (SSSR count). The molecule has 0 unspecified atom stereocenters. The number of benzene rings is 2. The van der Waals surface area contributed by atoms with Crippen LogP contribution >= 0.6 is 0 Å². The zero-order valence-electron chi connectivity index (χ0n) is 21.3. The molecule has 37 heavy (non-hydrogen) atoms. The molecule has 2 aromatic carbocycles. The van der Waals surface area contributed by atoms with Crippen LogP contribution in [0, 0.1) is 5.92 Å². The van der Waals surface area contributed by atoms with Crippen molar-refractivity contribution in [3.8, 4) is 0 Å². The van der Waals surface area contributed by atoms with Crippen LogP contribution in [0.5, 0.6) is 0 Å². The lowest BCUT2D eigenvalue weighted by Gasteiger charge is -2.29. The van der Waals surface area contributed by atoms with Crippen LogP contribution in [0.4, 0.5) is 11.8 Å². The van der Waals surface area contributed by atoms with Crippen molar-refractivity contribution in [1.29, 1.82) is 0 Å². The highest BCUT2D eigenvalue weighted by Crippen LogP contribution is 2.28. The number of nitrogens with one attached hydrogen (secondary N) is 2. The van der Waals surface area contributed by atoms with E-state index >= 15 is 0 Å². The van der Waals surface area contributed by atoms with Gasteiger partial charge in [0, 0.05) is 44.0 Å². The molecule has 194 valence electrons. The zero-order valence-corrected chi connectivity index (χ0v) is 22.2. The van der Waals surface area contributed by atoms with Crippen molar-refractivity contribution in [3.05, 3.63) is 78.6 Å². The number of rotatable bonds is 9. The summed E-state index contributed by atoms with van der Waals surface area (Å²) in [6.07, 6.45) is 5.92. The van der Waals surface area contributed by atoms with Crippen molar-refractivity contribution < 1.29 is 8.42 Å². The minimum atomic E-state index is -3.59. The molecule has 0 radical (unpaired) electrons. The minimum absolute atomic E-state index is 0.298. The maximum absolute atomic E-state index is 13.0. The van der Waals surface area contributed by atoms with Crippen molar-refractivity contribution in [2.75, 3.05) is 30.9 Å². The Balaban J connectivity index is 1.14. The molecule has 2 aromatic heterocycles. The molecule has 0 aliphatic heterocycles. The summed E-state index contributed by atoms with van der Waals surface area (Å²) in [4.78, 5) is 11.9. The number of nitrogens with zero attached hydrogens (tertiary/aromatic N) is 4. The van der Waals surface area contributed by atoms with E-state index in [4.69, 9.17) is 9.97 Å². The van der Waals surface area contributed by atoms with Crippen molar-refractivity contribution in [3.63, 3.8) is 0 Å². The second kappa shape index (κ2) is 10.9. The summed E-state index contributed by atoms with van der Waals surface area (Å²) in [5.41, 5.74) is 1.69. The van der Waals surface area contributed by atoms with Crippen LogP contribution in [-0.4, -0.2) is 49.0 Å². The fourth-order valence-corrected chi connectivity index (χ4v) is 6.43. The average molecular weight is 519 g/mol. The third kappa shape index (κ3) is 5.62. The van der Waals surface area contributed by atoms with Gasteiger partial charge in [-0.05, 0) is 74.5 Å². The van der Waals surface area contributed by atoms with Crippen molar-refractivity contribution in [1.82, 2.24) is 19.3 Å². The Kier molecular flexibility index (Phi) is 7.43. The van der Waals surface area contributed by atoms with Crippen LogP contribution in [0.25, 0.3) is 10.9 Å². The van der Waals surface area contributed by atoms with Crippen LogP contribution in [0.15, 0.2) is 77.8 Å². The molecule has 0 spiro atoms. The zero-order chi connectivity index (χ0) is 25.8. The van der Waals surface area contributed by atoms with Gasteiger partial charge < -0.3 is 15.5 Å². The van der Waals surface area contributed by atoms with Gasteiger partial charge in [0.05, 0.1) is 10.4 Å². The SMILES string of the molecule is CN(C)c1nc(N[C@H]2CC[C@@H](CNCc3cccn3S(=O)(=O)c3ccccc3)CC2)nc2ccccc12. The number of hydrogen-bond donors (Lipinski definition) is 2. The number of para-hydroxylation sites is 1. The number of anilines is 2. The number of aromatic nitrogens is 3. The Hall–Kier alpha value is -3.43. The lowest BCUT2D eigenvalue weighted by molar-refractivity contribution is 0.323. The third-order valence-electron chi connectivity index (χ3n) is 7.02. The molecular formula is C28H34N6O2S. The van der Waals surface area contributed by atoms with Gasteiger partial charge in [-0.15, -0.1) is 0 Å². The highest BCUT2D eigenvalue weighted by atomic mass is 32.2. The Bertz CT molecular complexity index is 1440. The summed E-state index contributed by atoms with van der Waals surface area (Å²) in [5.74, 6) is 2.16. The molecule has 1 fully saturated rings. The Morgan fingerprint density at radius 2 is 1.65 bits per heavy atom. The van der Waals surface area contributed by atoms with Gasteiger partial charge in [-0.3, -0.25) is 0 Å². The number of fused-ring (bicyclic) bond motifs is 1. The summed E-state index contributed by atoms with van der Waals surface area (Å²) >= 11 is 0. The van der Waals surface area contributed by atoms with Crippen LogP contribution in [0.3, 0.4) is 0 Å². The maximum atomic E-state index is 13.0. The molecule has 1 saturated carbocycles. The highest BCUT2D eigenvalue weighted by molar-refractivity contribution is 7.90. The average Bonchev–Trinajstić information content (AvgIpc) is 3.39. The molecule has 0 saturated heterocycles. The standard InChI is InChI=1S/C28H34N6O2S/c1-33(2)27-25-12-6-7-13-26(25)31-28(32-27)30-22-16-14-21(15-17-22)19-29-20-23-9-8-18-34(23)37(35,36)24-10-4-3-5-11-24/h3-13,18,21-22,29H,14-17,19-20H2,1-2H3,(H,30,31,32)/t21-,22+. The first-order valence-corrected chi connectivity index (χ1v) is 14.2. The Morgan fingerprint density at radius 1 is 0.919 bits per heavy atom. The first-order valence-electron chi connectivity index (χ1n) is 12.8. The topological polar surface area (TPSA) is 92.2 Å². The van der Waals surface area contributed by atoms with Crippen LogP contribution < -0.4 is 15.5 Å². The van der Waals surface area contributed by atoms with E-state index in [1.54, 1.807) is 36.5 Å². The van der Waals surface area contributed by atoms with E-state index in [2.05, 4.69) is 16.7 Å². The first kappa shape index (κ1) is 25.2. The van der Waals surface area contributed by atoms with E-state index in [0.29, 0.717) is 29.3 Å². The van der Waals surface area contributed by atoms with Crippen molar-refractivity contribution in [2.24, 2.45) is 5.92 Å². The van der Waals surface area contributed by atoms with Gasteiger partial charge in [-0.2, -0.15) is 4.98 Å². The Labute approximate surface area is 218 Å². The van der Waals surface area contributed by atoms with Gasteiger partial charge in [0.1, 0.15) is 5.82 Å². The fourth-order valence-electron chi connectivity index (χ4n) is 5.04. The van der Waals surface area contributed by atoms with Crippen LogP contribution in [-0.2, 0) is 16.6 Å². The van der Waals surface area contributed by atoms with Gasteiger partial charge in [-0.1, -0.05) is 30.3 Å². The molecular weight excluding hydrogens is 484 g/mol. The van der Waals surface area contributed by atoms with E-state index in [9.17, 15) is 8.42 Å².